The molecule has 102 valence electrons. The fourth-order valence-electron chi connectivity index (χ4n) is 1.64. The predicted molar refractivity (Wildman–Crippen MR) is 70.4 cm³/mol. The Hall–Kier alpha value is -1.13. The monoisotopic (exact) mass is 255 g/mol. The number of benzene rings is 1. The highest BCUT2D eigenvalue weighted by atomic mass is 19.1. The van der Waals surface area contributed by atoms with Crippen LogP contribution in [-0.2, 0) is 11.3 Å². The minimum absolute atomic E-state index is 0.247. The van der Waals surface area contributed by atoms with Crippen molar-refractivity contribution in [2.45, 2.75) is 26.5 Å². The third kappa shape index (κ3) is 5.02. The van der Waals surface area contributed by atoms with E-state index in [1.54, 1.807) is 6.07 Å². The Bertz CT molecular complexity index is 369. The number of rotatable bonds is 7. The van der Waals surface area contributed by atoms with Crippen LogP contribution >= 0.6 is 0 Å². The van der Waals surface area contributed by atoms with Gasteiger partial charge in [-0.1, -0.05) is 6.07 Å². The molecule has 0 aliphatic rings. The lowest BCUT2D eigenvalue weighted by Crippen LogP contribution is -2.24. The largest absolute Gasteiger partial charge is 0.494 e. The van der Waals surface area contributed by atoms with Crippen molar-refractivity contribution in [3.05, 3.63) is 29.6 Å². The van der Waals surface area contributed by atoms with E-state index in [0.717, 1.165) is 12.1 Å². The number of methoxy groups -OCH3 is 1. The van der Waals surface area contributed by atoms with E-state index >= 15 is 0 Å². The first-order valence-corrected chi connectivity index (χ1v) is 6.15. The number of nitrogens with zero attached hydrogens (tertiary/aromatic N) is 1. The summed E-state index contributed by atoms with van der Waals surface area (Å²) < 4.78 is 23.9. The molecule has 0 unspecified atom stereocenters. The molecule has 0 saturated carbocycles. The Balaban J connectivity index is 2.44. The topological polar surface area (TPSA) is 21.7 Å². The molecule has 0 N–H and O–H groups in total. The molecule has 4 heteroatoms. The number of likely N-dealkylation sites (N-methyl/N-ethyl adjacent to an activating group) is 1. The first kappa shape index (κ1) is 14.9. The van der Waals surface area contributed by atoms with Gasteiger partial charge in [-0.25, -0.2) is 4.39 Å². The highest BCUT2D eigenvalue weighted by Gasteiger charge is 2.06. The summed E-state index contributed by atoms with van der Waals surface area (Å²) in [6, 6.07) is 5.05. The van der Waals surface area contributed by atoms with Crippen LogP contribution in [0.2, 0.25) is 0 Å². The fraction of sp³-hybridized carbons (Fsp3) is 0.571. The lowest BCUT2D eigenvalue weighted by atomic mass is 10.2. The SMILES string of the molecule is COc1ccc(CN(C)CCOC(C)C)cc1F. The van der Waals surface area contributed by atoms with Gasteiger partial charge >= 0.3 is 0 Å². The quantitative estimate of drug-likeness (QED) is 0.747. The zero-order valence-corrected chi connectivity index (χ0v) is 11.6. The second kappa shape index (κ2) is 7.34. The summed E-state index contributed by atoms with van der Waals surface area (Å²) in [6.45, 7) is 6.23. The smallest absolute Gasteiger partial charge is 0.165 e. The van der Waals surface area contributed by atoms with Crippen molar-refractivity contribution in [1.29, 1.82) is 0 Å². The second-order valence-corrected chi connectivity index (χ2v) is 4.63. The summed E-state index contributed by atoms with van der Waals surface area (Å²) in [5.41, 5.74) is 0.931. The van der Waals surface area contributed by atoms with Crippen LogP contribution in [-0.4, -0.2) is 38.3 Å². The molecule has 1 aromatic carbocycles. The van der Waals surface area contributed by atoms with E-state index in [-0.39, 0.29) is 17.7 Å². The number of ether oxygens (including phenoxy) is 2. The third-order valence-electron chi connectivity index (χ3n) is 2.59. The minimum atomic E-state index is -0.318. The van der Waals surface area contributed by atoms with Crippen LogP contribution in [0.5, 0.6) is 5.75 Å². The van der Waals surface area contributed by atoms with Crippen LogP contribution in [0, 0.1) is 5.82 Å². The molecule has 0 aliphatic heterocycles. The zero-order valence-electron chi connectivity index (χ0n) is 11.6. The molecule has 0 saturated heterocycles. The van der Waals surface area contributed by atoms with E-state index < -0.39 is 0 Å². The van der Waals surface area contributed by atoms with Crippen LogP contribution in [0.1, 0.15) is 19.4 Å². The van der Waals surface area contributed by atoms with Gasteiger partial charge in [0.25, 0.3) is 0 Å². The molecule has 0 bridgehead atoms. The normalized spacial score (nSPS) is 11.3. The average Bonchev–Trinajstić information content (AvgIpc) is 2.28. The van der Waals surface area contributed by atoms with Gasteiger partial charge in [-0.05, 0) is 38.6 Å². The second-order valence-electron chi connectivity index (χ2n) is 4.63. The summed E-state index contributed by atoms with van der Waals surface area (Å²) in [6.07, 6.45) is 0.247. The van der Waals surface area contributed by atoms with E-state index in [4.69, 9.17) is 9.47 Å². The summed E-state index contributed by atoms with van der Waals surface area (Å²) in [4.78, 5) is 2.10. The lowest BCUT2D eigenvalue weighted by Gasteiger charge is -2.18. The summed E-state index contributed by atoms with van der Waals surface area (Å²) in [5.74, 6) is -0.0358. The molecule has 0 heterocycles. The molecule has 1 aromatic rings. The maximum absolute atomic E-state index is 13.5. The fourth-order valence-corrected chi connectivity index (χ4v) is 1.64. The van der Waals surface area contributed by atoms with Crippen LogP contribution in [0.4, 0.5) is 4.39 Å². The molecule has 0 fully saturated rings. The van der Waals surface area contributed by atoms with Gasteiger partial charge in [0.15, 0.2) is 11.6 Å². The van der Waals surface area contributed by atoms with Crippen LogP contribution in [0.15, 0.2) is 18.2 Å². The molecule has 18 heavy (non-hydrogen) atoms. The van der Waals surface area contributed by atoms with E-state index in [0.29, 0.717) is 13.2 Å². The van der Waals surface area contributed by atoms with Crippen molar-refractivity contribution >= 4 is 0 Å². The number of hydrogen-bond donors (Lipinski definition) is 0. The molecule has 3 nitrogen and oxygen atoms in total. The van der Waals surface area contributed by atoms with Crippen molar-refractivity contribution in [3.8, 4) is 5.75 Å². The molecular weight excluding hydrogens is 233 g/mol. The standard InChI is InChI=1S/C14H22FNO2/c1-11(2)18-8-7-16(3)10-12-5-6-14(17-4)13(15)9-12/h5-6,9,11H,7-8,10H2,1-4H3. The molecular formula is C14H22FNO2. The summed E-state index contributed by atoms with van der Waals surface area (Å²) >= 11 is 0. The van der Waals surface area contributed by atoms with Crippen molar-refractivity contribution in [1.82, 2.24) is 4.90 Å². The first-order valence-electron chi connectivity index (χ1n) is 6.15. The van der Waals surface area contributed by atoms with Crippen LogP contribution in [0.3, 0.4) is 0 Å². The Labute approximate surface area is 109 Å². The van der Waals surface area contributed by atoms with Crippen LogP contribution < -0.4 is 4.74 Å². The third-order valence-corrected chi connectivity index (χ3v) is 2.59. The Kier molecular flexibility index (Phi) is 6.09. The zero-order chi connectivity index (χ0) is 13.5. The van der Waals surface area contributed by atoms with E-state index in [1.165, 1.54) is 13.2 Å². The van der Waals surface area contributed by atoms with E-state index in [2.05, 4.69) is 4.90 Å². The van der Waals surface area contributed by atoms with Gasteiger partial charge in [-0.3, -0.25) is 4.90 Å². The van der Waals surface area contributed by atoms with Crippen molar-refractivity contribution in [3.63, 3.8) is 0 Å². The molecule has 0 aromatic heterocycles. The van der Waals surface area contributed by atoms with Gasteiger partial charge in [0.05, 0.1) is 19.8 Å². The maximum Gasteiger partial charge on any atom is 0.165 e. The molecule has 0 aliphatic carbocycles. The Morgan fingerprint density at radius 2 is 2.06 bits per heavy atom. The number of halogens is 1. The molecule has 0 spiro atoms. The summed E-state index contributed by atoms with van der Waals surface area (Å²) in [5, 5.41) is 0. The van der Waals surface area contributed by atoms with E-state index in [1.807, 2.05) is 27.0 Å². The maximum atomic E-state index is 13.5. The van der Waals surface area contributed by atoms with Crippen molar-refractivity contribution in [2.24, 2.45) is 0 Å². The lowest BCUT2D eigenvalue weighted by molar-refractivity contribution is 0.0627. The Morgan fingerprint density at radius 3 is 2.61 bits per heavy atom. The first-order chi connectivity index (χ1) is 8.52. The van der Waals surface area contributed by atoms with Gasteiger partial charge in [0.2, 0.25) is 0 Å². The number of hydrogen-bond acceptors (Lipinski definition) is 3. The highest BCUT2D eigenvalue weighted by molar-refractivity contribution is 5.29. The van der Waals surface area contributed by atoms with Crippen LogP contribution in [0.25, 0.3) is 0 Å². The van der Waals surface area contributed by atoms with Gasteiger partial charge in [-0.2, -0.15) is 0 Å². The van der Waals surface area contributed by atoms with Crippen molar-refractivity contribution < 1.29 is 13.9 Å². The molecule has 1 rings (SSSR count). The van der Waals surface area contributed by atoms with Gasteiger partial charge in [0.1, 0.15) is 0 Å². The van der Waals surface area contributed by atoms with E-state index in [9.17, 15) is 4.39 Å². The Morgan fingerprint density at radius 1 is 1.33 bits per heavy atom. The van der Waals surface area contributed by atoms with Gasteiger partial charge < -0.3 is 9.47 Å². The van der Waals surface area contributed by atoms with Gasteiger partial charge in [-0.15, -0.1) is 0 Å². The predicted octanol–water partition coefficient (Wildman–Crippen LogP) is 2.69. The molecule has 0 amide bonds. The highest BCUT2D eigenvalue weighted by Crippen LogP contribution is 2.18. The summed E-state index contributed by atoms with van der Waals surface area (Å²) in [7, 11) is 3.46. The minimum Gasteiger partial charge on any atom is -0.494 e. The molecule has 0 atom stereocenters. The average molecular weight is 255 g/mol. The van der Waals surface area contributed by atoms with Crippen molar-refractivity contribution in [2.75, 3.05) is 27.3 Å². The molecule has 0 radical (unpaired) electrons. The van der Waals surface area contributed by atoms with Gasteiger partial charge in [0, 0.05) is 13.1 Å².